The molecule has 3 aromatic carbocycles. The van der Waals surface area contributed by atoms with Crippen LogP contribution in [-0.2, 0) is 0 Å². The van der Waals surface area contributed by atoms with E-state index in [1.54, 1.807) is 0 Å². The Kier molecular flexibility index (Phi) is 4.95. The quantitative estimate of drug-likeness (QED) is 0.504. The molecule has 4 rings (SSSR count). The van der Waals surface area contributed by atoms with Crippen molar-refractivity contribution in [3.05, 3.63) is 96.1 Å². The van der Waals surface area contributed by atoms with E-state index >= 15 is 0 Å². The largest absolute Gasteiger partial charge is 0.272 e. The van der Waals surface area contributed by atoms with Gasteiger partial charge in [-0.1, -0.05) is 93.6 Å². The summed E-state index contributed by atoms with van der Waals surface area (Å²) >= 11 is 0. The Labute approximate surface area is 167 Å². The maximum Gasteiger partial charge on any atom is 0.272 e. The molecule has 140 valence electrons. The van der Waals surface area contributed by atoms with E-state index in [1.165, 1.54) is 28.0 Å². The van der Waals surface area contributed by atoms with Crippen LogP contribution < -0.4 is 0 Å². The van der Waals surface area contributed by atoms with Crippen LogP contribution in [-0.4, -0.2) is 23.0 Å². The third-order valence-electron chi connectivity index (χ3n) is 4.97. The van der Waals surface area contributed by atoms with Gasteiger partial charge in [-0.25, -0.2) is 9.57 Å². The fraction of sp³-hybridized carbons (Fsp3) is 0.231. The fourth-order valence-electron chi connectivity index (χ4n) is 3.71. The van der Waals surface area contributed by atoms with Gasteiger partial charge < -0.3 is 0 Å². The van der Waals surface area contributed by atoms with Crippen LogP contribution in [0.2, 0.25) is 0 Å². The van der Waals surface area contributed by atoms with E-state index in [0.29, 0.717) is 0 Å². The standard InChI is InChI=1S/C26H27N2/c1-26(2,3)19-28-24(18-27-25(28)23-12-8-5-9-13-23)22-16-14-21(15-17-22)20-10-6-4-7-11-20/h4-18,25H,19H2,1-3H3/q+1. The maximum absolute atomic E-state index is 4.87. The molecule has 0 N–H and O–H groups in total. The normalized spacial score (nSPS) is 16.6. The Hall–Kier alpha value is -3.00. The zero-order chi connectivity index (χ0) is 19.6. The van der Waals surface area contributed by atoms with E-state index in [2.05, 4.69) is 110 Å². The summed E-state index contributed by atoms with van der Waals surface area (Å²) < 4.78 is 2.44. The lowest BCUT2D eigenvalue weighted by atomic mass is 9.95. The number of benzene rings is 3. The van der Waals surface area contributed by atoms with Gasteiger partial charge in [0, 0.05) is 16.5 Å². The third-order valence-corrected chi connectivity index (χ3v) is 4.97. The molecule has 1 heterocycles. The van der Waals surface area contributed by atoms with Gasteiger partial charge in [-0.3, -0.25) is 0 Å². The Bertz CT molecular complexity index is 992. The number of hydrogen-bond donors (Lipinski definition) is 0. The summed E-state index contributed by atoms with van der Waals surface area (Å²) in [5, 5.41) is 0. The molecule has 2 heteroatoms. The highest BCUT2D eigenvalue weighted by molar-refractivity contribution is 6.36. The topological polar surface area (TPSA) is 15.4 Å². The smallest absolute Gasteiger partial charge is 0.214 e. The molecule has 1 aliphatic heterocycles. The van der Waals surface area contributed by atoms with Crippen molar-refractivity contribution in [3.63, 3.8) is 0 Å². The highest BCUT2D eigenvalue weighted by Crippen LogP contribution is 2.28. The van der Waals surface area contributed by atoms with Crippen LogP contribution in [0.1, 0.15) is 38.1 Å². The molecule has 0 spiro atoms. The first kappa shape index (κ1) is 18.4. The van der Waals surface area contributed by atoms with Gasteiger partial charge in [0.2, 0.25) is 5.71 Å². The summed E-state index contributed by atoms with van der Waals surface area (Å²) in [4.78, 5) is 4.87. The monoisotopic (exact) mass is 367 g/mol. The minimum Gasteiger partial charge on any atom is -0.214 e. The first-order valence-electron chi connectivity index (χ1n) is 9.89. The molecule has 0 saturated carbocycles. The van der Waals surface area contributed by atoms with Crippen LogP contribution >= 0.6 is 0 Å². The lowest BCUT2D eigenvalue weighted by Gasteiger charge is -2.19. The van der Waals surface area contributed by atoms with Crippen molar-refractivity contribution in [3.8, 4) is 11.1 Å². The lowest BCUT2D eigenvalue weighted by molar-refractivity contribution is -0.576. The van der Waals surface area contributed by atoms with Crippen molar-refractivity contribution in [1.29, 1.82) is 0 Å². The van der Waals surface area contributed by atoms with E-state index < -0.39 is 0 Å². The van der Waals surface area contributed by atoms with Crippen molar-refractivity contribution >= 4 is 11.9 Å². The lowest BCUT2D eigenvalue weighted by Crippen LogP contribution is -2.30. The molecule has 0 aliphatic carbocycles. The Morgan fingerprint density at radius 3 is 1.86 bits per heavy atom. The molecule has 3 aromatic rings. The Morgan fingerprint density at radius 1 is 0.714 bits per heavy atom. The van der Waals surface area contributed by atoms with Crippen molar-refractivity contribution in [2.24, 2.45) is 10.4 Å². The molecular weight excluding hydrogens is 340 g/mol. The second-order valence-electron chi connectivity index (χ2n) is 8.58. The van der Waals surface area contributed by atoms with Crippen LogP contribution in [0.25, 0.3) is 11.1 Å². The SMILES string of the molecule is CC(C)(C)C[N+]1=C(c2ccc(-c3ccccc3)cc2)C=NC1c1ccccc1. The fourth-order valence-corrected chi connectivity index (χ4v) is 3.71. The number of rotatable bonds is 4. The van der Waals surface area contributed by atoms with Gasteiger partial charge in [0.15, 0.2) is 6.54 Å². The average molecular weight is 368 g/mol. The maximum atomic E-state index is 4.87. The summed E-state index contributed by atoms with van der Waals surface area (Å²) in [7, 11) is 0. The molecule has 1 atom stereocenters. The van der Waals surface area contributed by atoms with Gasteiger partial charge in [-0.15, -0.1) is 0 Å². The van der Waals surface area contributed by atoms with E-state index in [-0.39, 0.29) is 11.6 Å². The van der Waals surface area contributed by atoms with E-state index in [9.17, 15) is 0 Å². The van der Waals surface area contributed by atoms with Gasteiger partial charge in [-0.05, 0) is 23.3 Å². The van der Waals surface area contributed by atoms with Crippen molar-refractivity contribution in [2.45, 2.75) is 26.9 Å². The minimum atomic E-state index is 0.0456. The molecule has 0 aromatic heterocycles. The summed E-state index contributed by atoms with van der Waals surface area (Å²) in [5.74, 6) is 0. The molecule has 0 fully saturated rings. The zero-order valence-electron chi connectivity index (χ0n) is 16.8. The zero-order valence-corrected chi connectivity index (χ0v) is 16.8. The van der Waals surface area contributed by atoms with E-state index in [1.807, 2.05) is 6.21 Å². The van der Waals surface area contributed by atoms with Gasteiger partial charge in [0.05, 0.1) is 0 Å². The van der Waals surface area contributed by atoms with Gasteiger partial charge in [-0.2, -0.15) is 0 Å². The highest BCUT2D eigenvalue weighted by Gasteiger charge is 2.34. The summed E-state index contributed by atoms with van der Waals surface area (Å²) in [6.07, 6.45) is 2.09. The van der Waals surface area contributed by atoms with Gasteiger partial charge >= 0.3 is 0 Å². The summed E-state index contributed by atoms with van der Waals surface area (Å²) in [5.41, 5.74) is 6.30. The molecule has 0 radical (unpaired) electrons. The summed E-state index contributed by atoms with van der Waals surface area (Å²) in [6, 6.07) is 29.9. The van der Waals surface area contributed by atoms with E-state index in [0.717, 1.165) is 6.54 Å². The number of aliphatic imine (C=N–C) groups is 1. The molecule has 1 unspecified atom stereocenters. The second kappa shape index (κ2) is 7.55. The van der Waals surface area contributed by atoms with Crippen molar-refractivity contribution < 1.29 is 4.58 Å². The number of nitrogens with zero attached hydrogens (tertiary/aromatic N) is 2. The molecule has 28 heavy (non-hydrogen) atoms. The van der Waals surface area contributed by atoms with E-state index in [4.69, 9.17) is 4.99 Å². The van der Waals surface area contributed by atoms with Gasteiger partial charge in [0.1, 0.15) is 6.21 Å². The molecule has 0 amide bonds. The highest BCUT2D eigenvalue weighted by atomic mass is 15.2. The predicted molar refractivity (Wildman–Crippen MR) is 118 cm³/mol. The minimum absolute atomic E-state index is 0.0456. The first-order chi connectivity index (χ1) is 13.5. The number of hydrogen-bond acceptors (Lipinski definition) is 1. The summed E-state index contributed by atoms with van der Waals surface area (Å²) in [6.45, 7) is 7.79. The molecule has 0 bridgehead atoms. The average Bonchev–Trinajstić information content (AvgIpc) is 3.11. The molecule has 1 aliphatic rings. The van der Waals surface area contributed by atoms with Crippen LogP contribution in [0, 0.1) is 5.41 Å². The molecular formula is C26H27N2+. The molecule has 0 saturated heterocycles. The van der Waals surface area contributed by atoms with Crippen molar-refractivity contribution in [2.75, 3.05) is 6.54 Å². The second-order valence-corrected chi connectivity index (χ2v) is 8.58. The molecule has 2 nitrogen and oxygen atoms in total. The van der Waals surface area contributed by atoms with Crippen LogP contribution in [0.5, 0.6) is 0 Å². The van der Waals surface area contributed by atoms with Crippen LogP contribution in [0.3, 0.4) is 0 Å². The van der Waals surface area contributed by atoms with Crippen molar-refractivity contribution in [1.82, 2.24) is 0 Å². The third kappa shape index (κ3) is 3.96. The van der Waals surface area contributed by atoms with Crippen LogP contribution in [0.4, 0.5) is 0 Å². The van der Waals surface area contributed by atoms with Crippen LogP contribution in [0.15, 0.2) is 89.9 Å². The Morgan fingerprint density at radius 2 is 1.25 bits per heavy atom. The first-order valence-corrected chi connectivity index (χ1v) is 9.89. The van der Waals surface area contributed by atoms with Gasteiger partial charge in [0.25, 0.3) is 6.17 Å². The Balaban J connectivity index is 1.72. The predicted octanol–water partition coefficient (Wildman–Crippen LogP) is 5.98.